The van der Waals surface area contributed by atoms with E-state index in [2.05, 4.69) is 11.4 Å². The van der Waals surface area contributed by atoms with Crippen LogP contribution in [0.4, 0.5) is 8.78 Å². The maximum Gasteiger partial charge on any atom is 0.247 e. The summed E-state index contributed by atoms with van der Waals surface area (Å²) in [7, 11) is 0. The maximum absolute atomic E-state index is 13.6. The summed E-state index contributed by atoms with van der Waals surface area (Å²) in [5.74, 6) is -3.30. The maximum atomic E-state index is 13.6. The molecule has 2 saturated carbocycles. The molecule has 0 aromatic carbocycles. The van der Waals surface area contributed by atoms with Gasteiger partial charge in [0.05, 0.1) is 12.1 Å². The van der Waals surface area contributed by atoms with Crippen molar-refractivity contribution in [1.29, 1.82) is 5.26 Å². The highest BCUT2D eigenvalue weighted by atomic mass is 19.3. The topological polar surface area (TPSA) is 56.1 Å². The standard InChI is InChI=1S/C18H27F2N3O/c1-16(19,20)12-14(15(24)22-18(13-21)6-7-18)23-10-8-17(9-11-23)4-2-3-5-17/h14H,2-12H2,1H3,(H,22,24)/t14-/m0/s1. The average molecular weight is 339 g/mol. The third-order valence-electron chi connectivity index (χ3n) is 6.14. The van der Waals surface area contributed by atoms with Gasteiger partial charge >= 0.3 is 0 Å². The lowest BCUT2D eigenvalue weighted by Crippen LogP contribution is -2.54. The summed E-state index contributed by atoms with van der Waals surface area (Å²) < 4.78 is 27.3. The predicted molar refractivity (Wildman–Crippen MR) is 86.5 cm³/mol. The van der Waals surface area contributed by atoms with E-state index in [-0.39, 0.29) is 0 Å². The largest absolute Gasteiger partial charge is 0.336 e. The zero-order valence-electron chi connectivity index (χ0n) is 14.4. The van der Waals surface area contributed by atoms with E-state index in [4.69, 9.17) is 5.26 Å². The Morgan fingerprint density at radius 2 is 1.79 bits per heavy atom. The normalized spacial score (nSPS) is 26.8. The van der Waals surface area contributed by atoms with Crippen molar-refractivity contribution in [3.8, 4) is 6.07 Å². The highest BCUT2D eigenvalue weighted by Gasteiger charge is 2.48. The molecule has 134 valence electrons. The molecule has 2 aliphatic carbocycles. The van der Waals surface area contributed by atoms with Gasteiger partial charge in [0, 0.05) is 6.42 Å². The second-order valence-corrected chi connectivity index (χ2v) is 8.22. The molecule has 1 spiro atoms. The molecule has 0 unspecified atom stereocenters. The molecule has 0 aromatic heterocycles. The number of nitrogens with zero attached hydrogens (tertiary/aromatic N) is 2. The van der Waals surface area contributed by atoms with Crippen LogP contribution in [0.1, 0.15) is 64.7 Å². The lowest BCUT2D eigenvalue weighted by Gasteiger charge is -2.42. The molecule has 3 fully saturated rings. The van der Waals surface area contributed by atoms with Crippen molar-refractivity contribution in [2.75, 3.05) is 13.1 Å². The SMILES string of the molecule is CC(F)(F)C[C@@H](C(=O)NC1(C#N)CC1)N1CCC2(CCCC2)CC1. The smallest absolute Gasteiger partial charge is 0.247 e. The minimum Gasteiger partial charge on any atom is -0.336 e. The third-order valence-corrected chi connectivity index (χ3v) is 6.14. The van der Waals surface area contributed by atoms with Crippen LogP contribution in [0.25, 0.3) is 0 Å². The van der Waals surface area contributed by atoms with Gasteiger partial charge in [-0.25, -0.2) is 8.78 Å². The van der Waals surface area contributed by atoms with Crippen LogP contribution in [0.15, 0.2) is 0 Å². The van der Waals surface area contributed by atoms with Gasteiger partial charge in [-0.05, 0) is 64.0 Å². The zero-order valence-corrected chi connectivity index (χ0v) is 14.4. The number of alkyl halides is 2. The number of nitriles is 1. The molecule has 1 heterocycles. The van der Waals surface area contributed by atoms with E-state index in [9.17, 15) is 13.6 Å². The van der Waals surface area contributed by atoms with Crippen LogP contribution in [0.5, 0.6) is 0 Å². The number of hydrogen-bond acceptors (Lipinski definition) is 3. The Morgan fingerprint density at radius 1 is 1.21 bits per heavy atom. The number of carbonyl (C=O) groups is 1. The van der Waals surface area contributed by atoms with Gasteiger partial charge in [-0.15, -0.1) is 0 Å². The molecule has 3 aliphatic rings. The van der Waals surface area contributed by atoms with Crippen LogP contribution < -0.4 is 5.32 Å². The van der Waals surface area contributed by atoms with E-state index >= 15 is 0 Å². The van der Waals surface area contributed by atoms with Gasteiger partial charge < -0.3 is 5.32 Å². The highest BCUT2D eigenvalue weighted by molar-refractivity contribution is 5.83. The molecule has 4 nitrogen and oxygen atoms in total. The lowest BCUT2D eigenvalue weighted by atomic mass is 9.76. The summed E-state index contributed by atoms with van der Waals surface area (Å²) in [6.07, 6.45) is 7.75. The fourth-order valence-corrected chi connectivity index (χ4v) is 4.37. The minimum atomic E-state index is -2.89. The molecule has 1 atom stereocenters. The number of halogens is 2. The summed E-state index contributed by atoms with van der Waals surface area (Å²) >= 11 is 0. The Hall–Kier alpha value is -1.22. The van der Waals surface area contributed by atoms with Crippen molar-refractivity contribution < 1.29 is 13.6 Å². The highest BCUT2D eigenvalue weighted by Crippen LogP contribution is 2.46. The number of nitrogens with one attached hydrogen (secondary N) is 1. The van der Waals surface area contributed by atoms with Gasteiger partial charge in [0.25, 0.3) is 0 Å². The van der Waals surface area contributed by atoms with E-state index in [1.807, 2.05) is 4.90 Å². The number of hydrogen-bond donors (Lipinski definition) is 1. The Balaban J connectivity index is 1.66. The molecule has 1 amide bonds. The van der Waals surface area contributed by atoms with Gasteiger partial charge in [-0.3, -0.25) is 9.69 Å². The van der Waals surface area contributed by atoms with E-state index in [1.165, 1.54) is 25.7 Å². The van der Waals surface area contributed by atoms with Gasteiger partial charge in [0.1, 0.15) is 5.54 Å². The third kappa shape index (κ3) is 3.88. The number of amides is 1. The summed E-state index contributed by atoms with van der Waals surface area (Å²) in [6.45, 7) is 2.27. The summed E-state index contributed by atoms with van der Waals surface area (Å²) in [5, 5.41) is 11.9. The van der Waals surface area contributed by atoms with Crippen LogP contribution in [0.3, 0.4) is 0 Å². The second-order valence-electron chi connectivity index (χ2n) is 8.22. The summed E-state index contributed by atoms with van der Waals surface area (Å²) in [4.78, 5) is 14.5. The first-order valence-corrected chi connectivity index (χ1v) is 9.12. The quantitative estimate of drug-likeness (QED) is 0.837. The number of piperidine rings is 1. The summed E-state index contributed by atoms with van der Waals surface area (Å²) in [5.41, 5.74) is -0.419. The lowest BCUT2D eigenvalue weighted by molar-refractivity contribution is -0.132. The minimum absolute atomic E-state index is 0.386. The zero-order chi connectivity index (χ0) is 17.4. The first-order chi connectivity index (χ1) is 11.3. The Bertz CT molecular complexity index is 517. The second kappa shape index (κ2) is 6.25. The van der Waals surface area contributed by atoms with Crippen molar-refractivity contribution in [2.24, 2.45) is 5.41 Å². The molecule has 1 N–H and O–H groups in total. The van der Waals surface area contributed by atoms with Crippen molar-refractivity contribution in [2.45, 2.75) is 82.2 Å². The van der Waals surface area contributed by atoms with Crippen LogP contribution in [0.2, 0.25) is 0 Å². The molecule has 1 saturated heterocycles. The molecule has 1 aliphatic heterocycles. The molecule has 0 aromatic rings. The molecular formula is C18H27F2N3O. The van der Waals surface area contributed by atoms with E-state index < -0.39 is 29.8 Å². The average Bonchev–Trinajstić information content (AvgIpc) is 3.16. The van der Waals surface area contributed by atoms with Crippen molar-refractivity contribution >= 4 is 5.91 Å². The molecule has 24 heavy (non-hydrogen) atoms. The molecular weight excluding hydrogens is 312 g/mol. The van der Waals surface area contributed by atoms with Gasteiger partial charge in [-0.2, -0.15) is 5.26 Å². The monoisotopic (exact) mass is 339 g/mol. The fourth-order valence-electron chi connectivity index (χ4n) is 4.37. The summed E-state index contributed by atoms with van der Waals surface area (Å²) in [6, 6.07) is 1.27. The van der Waals surface area contributed by atoms with Gasteiger partial charge in [0.15, 0.2) is 0 Å². The van der Waals surface area contributed by atoms with Crippen LogP contribution in [-0.4, -0.2) is 41.4 Å². The number of likely N-dealkylation sites (tertiary alicyclic amines) is 1. The molecule has 3 rings (SSSR count). The molecule has 0 bridgehead atoms. The number of rotatable bonds is 5. The van der Waals surface area contributed by atoms with E-state index in [1.54, 1.807) is 0 Å². The Morgan fingerprint density at radius 3 is 2.25 bits per heavy atom. The predicted octanol–water partition coefficient (Wildman–Crippen LogP) is 3.23. The van der Waals surface area contributed by atoms with Crippen LogP contribution >= 0.6 is 0 Å². The van der Waals surface area contributed by atoms with Crippen molar-refractivity contribution in [3.05, 3.63) is 0 Å². The van der Waals surface area contributed by atoms with E-state index in [0.29, 0.717) is 31.3 Å². The Labute approximate surface area is 142 Å². The van der Waals surface area contributed by atoms with Gasteiger partial charge in [0.2, 0.25) is 11.8 Å². The molecule has 0 radical (unpaired) electrons. The van der Waals surface area contributed by atoms with Crippen molar-refractivity contribution in [3.63, 3.8) is 0 Å². The Kier molecular flexibility index (Phi) is 4.59. The molecule has 6 heteroatoms. The van der Waals surface area contributed by atoms with Gasteiger partial charge in [-0.1, -0.05) is 12.8 Å². The number of carbonyl (C=O) groups excluding carboxylic acids is 1. The van der Waals surface area contributed by atoms with Crippen LogP contribution in [-0.2, 0) is 4.79 Å². The van der Waals surface area contributed by atoms with E-state index in [0.717, 1.165) is 19.8 Å². The first kappa shape index (κ1) is 17.6. The van der Waals surface area contributed by atoms with Crippen LogP contribution in [0, 0.1) is 16.7 Å². The first-order valence-electron chi connectivity index (χ1n) is 9.12. The fraction of sp³-hybridized carbons (Fsp3) is 0.889. The van der Waals surface area contributed by atoms with Crippen molar-refractivity contribution in [1.82, 2.24) is 10.2 Å².